The Morgan fingerprint density at radius 2 is 1.67 bits per heavy atom. The van der Waals surface area contributed by atoms with Crippen LogP contribution in [0.15, 0.2) is 12.1 Å². The summed E-state index contributed by atoms with van der Waals surface area (Å²) in [6.45, 7) is 5.17. The Balaban J connectivity index is 3.13. The van der Waals surface area contributed by atoms with Crippen LogP contribution in [-0.4, -0.2) is 37.0 Å². The topological polar surface area (TPSA) is 94.1 Å². The van der Waals surface area contributed by atoms with E-state index in [-0.39, 0.29) is 22.7 Å². The van der Waals surface area contributed by atoms with E-state index in [1.165, 1.54) is 26.4 Å². The van der Waals surface area contributed by atoms with Crippen molar-refractivity contribution < 1.29 is 28.9 Å². The lowest BCUT2D eigenvalue weighted by molar-refractivity contribution is 0.0632. The van der Waals surface area contributed by atoms with Crippen molar-refractivity contribution in [3.8, 4) is 11.5 Å². The van der Waals surface area contributed by atoms with Gasteiger partial charge in [-0.25, -0.2) is 9.59 Å². The molecule has 1 aromatic rings. The number of nitrogens with one attached hydrogen (secondary N) is 1. The number of methoxy groups -OCH3 is 2. The van der Waals surface area contributed by atoms with Gasteiger partial charge in [0, 0.05) is 6.07 Å². The number of carbonyl (C=O) groups excluding carboxylic acids is 1. The lowest BCUT2D eigenvalue weighted by Gasteiger charge is -2.20. The Labute approximate surface area is 122 Å². The molecule has 0 heterocycles. The van der Waals surface area contributed by atoms with Crippen LogP contribution in [0, 0.1) is 0 Å². The SMILES string of the molecule is COc1cc(OC)c(C(=O)O)cc1NC(=O)OC(C)(C)C. The smallest absolute Gasteiger partial charge is 0.412 e. The third kappa shape index (κ3) is 4.55. The van der Waals surface area contributed by atoms with Crippen molar-refractivity contribution >= 4 is 17.7 Å². The van der Waals surface area contributed by atoms with Gasteiger partial charge in [-0.05, 0) is 26.8 Å². The summed E-state index contributed by atoms with van der Waals surface area (Å²) in [5.74, 6) is -0.779. The summed E-state index contributed by atoms with van der Waals surface area (Å²) in [6, 6.07) is 2.64. The number of amides is 1. The van der Waals surface area contributed by atoms with E-state index in [1.54, 1.807) is 20.8 Å². The zero-order valence-electron chi connectivity index (χ0n) is 12.6. The number of hydrogen-bond acceptors (Lipinski definition) is 5. The number of benzene rings is 1. The molecule has 7 heteroatoms. The lowest BCUT2D eigenvalue weighted by atomic mass is 10.1. The molecule has 0 saturated heterocycles. The van der Waals surface area contributed by atoms with Crippen LogP contribution < -0.4 is 14.8 Å². The molecule has 0 bridgehead atoms. The van der Waals surface area contributed by atoms with E-state index in [4.69, 9.17) is 19.3 Å². The van der Waals surface area contributed by atoms with Crippen LogP contribution in [0.5, 0.6) is 11.5 Å². The fraction of sp³-hybridized carbons (Fsp3) is 0.429. The molecule has 1 rings (SSSR count). The molecule has 116 valence electrons. The fourth-order valence-electron chi connectivity index (χ4n) is 1.58. The number of carbonyl (C=O) groups is 2. The van der Waals surface area contributed by atoms with E-state index < -0.39 is 17.7 Å². The third-order valence-corrected chi connectivity index (χ3v) is 2.39. The molecule has 2 N–H and O–H groups in total. The van der Waals surface area contributed by atoms with Crippen molar-refractivity contribution in [2.75, 3.05) is 19.5 Å². The van der Waals surface area contributed by atoms with Crippen molar-refractivity contribution in [3.05, 3.63) is 17.7 Å². The van der Waals surface area contributed by atoms with E-state index in [9.17, 15) is 9.59 Å². The quantitative estimate of drug-likeness (QED) is 0.887. The van der Waals surface area contributed by atoms with Gasteiger partial charge in [0.2, 0.25) is 0 Å². The minimum atomic E-state index is -1.18. The first-order chi connectivity index (χ1) is 9.67. The minimum absolute atomic E-state index is 0.0932. The summed E-state index contributed by atoms with van der Waals surface area (Å²) >= 11 is 0. The predicted molar refractivity (Wildman–Crippen MR) is 76.4 cm³/mol. The van der Waals surface area contributed by atoms with Crippen LogP contribution in [0.1, 0.15) is 31.1 Å². The van der Waals surface area contributed by atoms with E-state index in [0.29, 0.717) is 0 Å². The molecular formula is C14H19NO6. The highest BCUT2D eigenvalue weighted by Crippen LogP contribution is 2.33. The standard InChI is InChI=1S/C14H19NO6/c1-14(2,3)21-13(18)15-9-6-8(12(16)17)10(19-4)7-11(9)20-5/h6-7H,1-5H3,(H,15,18)(H,16,17). The van der Waals surface area contributed by atoms with E-state index in [0.717, 1.165) is 0 Å². The molecule has 21 heavy (non-hydrogen) atoms. The van der Waals surface area contributed by atoms with Crippen LogP contribution in [0.4, 0.5) is 10.5 Å². The molecule has 0 aromatic heterocycles. The van der Waals surface area contributed by atoms with Crippen LogP contribution in [0.25, 0.3) is 0 Å². The minimum Gasteiger partial charge on any atom is -0.496 e. The molecule has 0 saturated carbocycles. The molecule has 0 spiro atoms. The highest BCUT2D eigenvalue weighted by Gasteiger charge is 2.20. The summed E-state index contributed by atoms with van der Waals surface area (Å²) in [7, 11) is 2.75. The number of ether oxygens (including phenoxy) is 3. The first-order valence-electron chi connectivity index (χ1n) is 6.17. The zero-order chi connectivity index (χ0) is 16.2. The second-order valence-corrected chi connectivity index (χ2v) is 5.18. The maximum absolute atomic E-state index is 11.8. The van der Waals surface area contributed by atoms with Crippen molar-refractivity contribution in [1.82, 2.24) is 0 Å². The first-order valence-corrected chi connectivity index (χ1v) is 6.17. The molecule has 0 atom stereocenters. The first kappa shape index (κ1) is 16.6. The van der Waals surface area contributed by atoms with E-state index in [1.807, 2.05) is 0 Å². The number of aromatic carboxylic acids is 1. The van der Waals surface area contributed by atoms with Crippen molar-refractivity contribution in [2.24, 2.45) is 0 Å². The number of rotatable bonds is 4. The van der Waals surface area contributed by atoms with Gasteiger partial charge < -0.3 is 19.3 Å². The second kappa shape index (κ2) is 6.34. The van der Waals surface area contributed by atoms with E-state index >= 15 is 0 Å². The van der Waals surface area contributed by atoms with Gasteiger partial charge in [-0.2, -0.15) is 0 Å². The summed E-state index contributed by atoms with van der Waals surface area (Å²) in [4.78, 5) is 22.9. The fourth-order valence-corrected chi connectivity index (χ4v) is 1.58. The molecule has 1 amide bonds. The van der Waals surface area contributed by atoms with Crippen molar-refractivity contribution in [1.29, 1.82) is 0 Å². The van der Waals surface area contributed by atoms with Gasteiger partial charge in [0.1, 0.15) is 22.7 Å². The third-order valence-electron chi connectivity index (χ3n) is 2.39. The Morgan fingerprint density at radius 3 is 2.10 bits per heavy atom. The average molecular weight is 297 g/mol. The highest BCUT2D eigenvalue weighted by atomic mass is 16.6. The van der Waals surface area contributed by atoms with Gasteiger partial charge in [-0.3, -0.25) is 5.32 Å². The number of anilines is 1. The van der Waals surface area contributed by atoms with Gasteiger partial charge in [0.05, 0.1) is 19.9 Å². The predicted octanol–water partition coefficient (Wildman–Crippen LogP) is 2.75. The summed E-state index contributed by atoms with van der Waals surface area (Å²) < 4.78 is 15.2. The largest absolute Gasteiger partial charge is 0.496 e. The van der Waals surface area contributed by atoms with Crippen LogP contribution in [0.2, 0.25) is 0 Å². The molecular weight excluding hydrogens is 278 g/mol. The molecule has 0 aliphatic rings. The summed E-state index contributed by atoms with van der Waals surface area (Å²) in [6.07, 6.45) is -0.706. The van der Waals surface area contributed by atoms with Crippen LogP contribution in [0.3, 0.4) is 0 Å². The summed E-state index contributed by atoms with van der Waals surface area (Å²) in [5, 5.41) is 11.6. The number of carboxylic acid groups (broad SMARTS) is 1. The average Bonchev–Trinajstić information content (AvgIpc) is 2.35. The zero-order valence-corrected chi connectivity index (χ0v) is 12.6. The second-order valence-electron chi connectivity index (χ2n) is 5.18. The molecule has 0 unspecified atom stereocenters. The molecule has 0 fully saturated rings. The molecule has 1 aromatic carbocycles. The lowest BCUT2D eigenvalue weighted by Crippen LogP contribution is -2.27. The Bertz CT molecular complexity index is 547. The molecule has 0 aliphatic heterocycles. The summed E-state index contributed by atoms with van der Waals surface area (Å²) in [5.41, 5.74) is -0.575. The Kier molecular flexibility index (Phi) is 5.02. The van der Waals surface area contributed by atoms with Gasteiger partial charge in [0.25, 0.3) is 0 Å². The highest BCUT2D eigenvalue weighted by molar-refractivity contribution is 5.95. The van der Waals surface area contributed by atoms with Gasteiger partial charge in [-0.15, -0.1) is 0 Å². The van der Waals surface area contributed by atoms with Gasteiger partial charge in [-0.1, -0.05) is 0 Å². The molecule has 0 radical (unpaired) electrons. The van der Waals surface area contributed by atoms with Crippen molar-refractivity contribution in [2.45, 2.75) is 26.4 Å². The van der Waals surface area contributed by atoms with E-state index in [2.05, 4.69) is 5.32 Å². The maximum Gasteiger partial charge on any atom is 0.412 e. The molecule has 0 aliphatic carbocycles. The number of hydrogen-bond donors (Lipinski definition) is 2. The Morgan fingerprint density at radius 1 is 1.10 bits per heavy atom. The monoisotopic (exact) mass is 297 g/mol. The molecule has 7 nitrogen and oxygen atoms in total. The van der Waals surface area contributed by atoms with Crippen LogP contribution in [-0.2, 0) is 4.74 Å². The normalized spacial score (nSPS) is 10.7. The maximum atomic E-state index is 11.8. The Hall–Kier alpha value is -2.44. The van der Waals surface area contributed by atoms with Gasteiger partial charge in [0.15, 0.2) is 0 Å². The van der Waals surface area contributed by atoms with Crippen molar-refractivity contribution in [3.63, 3.8) is 0 Å². The van der Waals surface area contributed by atoms with Crippen LogP contribution >= 0.6 is 0 Å². The van der Waals surface area contributed by atoms with Gasteiger partial charge >= 0.3 is 12.1 Å². The number of carboxylic acids is 1.